The molecule has 18 heavy (non-hydrogen) atoms. The van der Waals surface area contributed by atoms with Gasteiger partial charge in [-0.1, -0.05) is 5.10 Å². The quantitative estimate of drug-likeness (QED) is 0.764. The second-order valence-electron chi connectivity index (χ2n) is 3.98. The zero-order chi connectivity index (χ0) is 12.7. The minimum absolute atomic E-state index is 0.353. The summed E-state index contributed by atoms with van der Waals surface area (Å²) in [5, 5.41) is 17.9. The summed E-state index contributed by atoms with van der Waals surface area (Å²) in [7, 11) is -0.887. The van der Waals surface area contributed by atoms with Gasteiger partial charge in [0.05, 0.1) is 6.61 Å². The third-order valence-corrected chi connectivity index (χ3v) is 3.39. The molecule has 0 fully saturated rings. The van der Waals surface area contributed by atoms with Crippen molar-refractivity contribution < 1.29 is 14.4 Å². The molecule has 0 saturated carbocycles. The van der Waals surface area contributed by atoms with Crippen LogP contribution in [0.1, 0.15) is 11.1 Å². The van der Waals surface area contributed by atoms with Gasteiger partial charge in [0, 0.05) is 0 Å². The highest BCUT2D eigenvalue weighted by Gasteiger charge is 2.29. The highest BCUT2D eigenvalue weighted by atomic mass is 32.1. The van der Waals surface area contributed by atoms with E-state index in [9.17, 15) is 5.02 Å². The molecule has 1 aromatic heterocycles. The maximum absolute atomic E-state index is 9.68. The fraction of sp³-hybridized carbons (Fsp3) is 0.200. The van der Waals surface area contributed by atoms with E-state index in [1.165, 1.54) is 0 Å². The average molecular weight is 263 g/mol. The summed E-state index contributed by atoms with van der Waals surface area (Å²) in [5.74, 6) is 0.590. The maximum Gasteiger partial charge on any atom is 0.491 e. The number of anilines is 1. The number of hydrogen-bond donors (Lipinski definition) is 2. The molecule has 0 unspecified atom stereocenters. The first-order valence-corrected chi connectivity index (χ1v) is 6.15. The van der Waals surface area contributed by atoms with E-state index in [4.69, 9.17) is 15.1 Å². The van der Waals surface area contributed by atoms with Crippen molar-refractivity contribution in [1.82, 2.24) is 10.2 Å². The fourth-order valence-corrected chi connectivity index (χ4v) is 2.38. The van der Waals surface area contributed by atoms with Crippen LogP contribution in [0, 0.1) is 6.92 Å². The van der Waals surface area contributed by atoms with Crippen LogP contribution in [0.3, 0.4) is 0 Å². The lowest BCUT2D eigenvalue weighted by Gasteiger charge is -2.07. The van der Waals surface area contributed by atoms with Crippen LogP contribution < -0.4 is 15.9 Å². The number of aromatic nitrogens is 2. The Morgan fingerprint density at radius 3 is 3.06 bits per heavy atom. The lowest BCUT2D eigenvalue weighted by Crippen LogP contribution is -2.28. The van der Waals surface area contributed by atoms with E-state index in [0.717, 1.165) is 27.9 Å². The number of hydrogen-bond acceptors (Lipinski definition) is 7. The summed E-state index contributed by atoms with van der Waals surface area (Å²) in [6, 6.07) is 3.62. The van der Waals surface area contributed by atoms with Gasteiger partial charge in [-0.15, -0.1) is 5.10 Å². The number of fused-ring (bicyclic) bond motifs is 1. The predicted octanol–water partition coefficient (Wildman–Crippen LogP) is 0.439. The Labute approximate surface area is 108 Å². The zero-order valence-corrected chi connectivity index (χ0v) is 10.4. The molecular weight excluding hydrogens is 253 g/mol. The molecule has 0 saturated heterocycles. The Morgan fingerprint density at radius 2 is 2.33 bits per heavy atom. The molecule has 0 atom stereocenters. The third-order valence-electron chi connectivity index (χ3n) is 2.76. The number of nitrogens with zero attached hydrogens (tertiary/aromatic N) is 2. The van der Waals surface area contributed by atoms with E-state index in [-0.39, 0.29) is 0 Å². The fourth-order valence-electron chi connectivity index (χ4n) is 1.90. The Hall–Kier alpha value is -1.64. The molecule has 2 heterocycles. The number of nitrogen functional groups attached to an aromatic ring is 1. The molecule has 0 radical (unpaired) electrons. The van der Waals surface area contributed by atoms with E-state index in [1.54, 1.807) is 6.07 Å². The lowest BCUT2D eigenvalue weighted by molar-refractivity contribution is 0.275. The molecule has 0 amide bonds. The van der Waals surface area contributed by atoms with Crippen LogP contribution in [0.2, 0.25) is 0 Å². The third kappa shape index (κ3) is 1.94. The van der Waals surface area contributed by atoms with Gasteiger partial charge in [-0.3, -0.25) is 0 Å². The van der Waals surface area contributed by atoms with Gasteiger partial charge in [0.25, 0.3) is 0 Å². The van der Waals surface area contributed by atoms with Crippen molar-refractivity contribution in [2.45, 2.75) is 13.5 Å². The molecule has 1 aliphatic heterocycles. The van der Waals surface area contributed by atoms with E-state index in [0.29, 0.717) is 22.7 Å². The first-order chi connectivity index (χ1) is 8.63. The minimum atomic E-state index is -0.887. The zero-order valence-electron chi connectivity index (χ0n) is 9.58. The molecule has 3 N–H and O–H groups in total. The second-order valence-corrected chi connectivity index (χ2v) is 4.95. The van der Waals surface area contributed by atoms with Crippen LogP contribution >= 0.6 is 11.3 Å². The molecule has 0 bridgehead atoms. The molecule has 3 rings (SSSR count). The summed E-state index contributed by atoms with van der Waals surface area (Å²) in [5.41, 5.74) is 8.23. The van der Waals surface area contributed by atoms with E-state index < -0.39 is 7.12 Å². The van der Waals surface area contributed by atoms with Crippen molar-refractivity contribution in [3.8, 4) is 10.9 Å². The molecule has 1 aromatic carbocycles. The van der Waals surface area contributed by atoms with Crippen molar-refractivity contribution in [2.75, 3.05) is 5.73 Å². The first-order valence-electron chi connectivity index (χ1n) is 5.33. The monoisotopic (exact) mass is 263 g/mol. The molecule has 0 spiro atoms. The second kappa shape index (κ2) is 4.23. The summed E-state index contributed by atoms with van der Waals surface area (Å²) < 4.78 is 10.7. The van der Waals surface area contributed by atoms with Gasteiger partial charge in [0.1, 0.15) is 5.75 Å². The number of nitrogens with two attached hydrogens (primary N) is 1. The van der Waals surface area contributed by atoms with Crippen LogP contribution in [0.4, 0.5) is 5.13 Å². The van der Waals surface area contributed by atoms with E-state index in [1.807, 2.05) is 13.0 Å². The van der Waals surface area contributed by atoms with Crippen molar-refractivity contribution in [2.24, 2.45) is 0 Å². The standard InChI is InChI=1S/C10H10BN3O3S/c1-5-2-6(17-10-14-13-9(12)18-10)3-8-7(5)4-16-11(8)15/h2-3,15H,4H2,1H3,(H2,12,13). The van der Waals surface area contributed by atoms with E-state index in [2.05, 4.69) is 10.2 Å². The van der Waals surface area contributed by atoms with Crippen LogP contribution in [0.15, 0.2) is 12.1 Å². The normalized spacial score (nSPS) is 13.8. The first kappa shape index (κ1) is 11.5. The topological polar surface area (TPSA) is 90.5 Å². The van der Waals surface area contributed by atoms with E-state index >= 15 is 0 Å². The summed E-state index contributed by atoms with van der Waals surface area (Å²) in [6.45, 7) is 2.37. The molecule has 92 valence electrons. The Bertz CT molecular complexity index is 604. The van der Waals surface area contributed by atoms with Crippen molar-refractivity contribution in [1.29, 1.82) is 0 Å². The smallest absolute Gasteiger partial charge is 0.430 e. The largest absolute Gasteiger partial charge is 0.491 e. The van der Waals surface area contributed by atoms with Crippen molar-refractivity contribution in [3.05, 3.63) is 23.3 Å². The minimum Gasteiger partial charge on any atom is -0.430 e. The highest BCUT2D eigenvalue weighted by Crippen LogP contribution is 2.28. The van der Waals surface area contributed by atoms with Gasteiger partial charge >= 0.3 is 12.3 Å². The van der Waals surface area contributed by atoms with Crippen LogP contribution in [-0.2, 0) is 11.3 Å². The molecule has 6 nitrogen and oxygen atoms in total. The van der Waals surface area contributed by atoms with Gasteiger partial charge in [0.15, 0.2) is 0 Å². The SMILES string of the molecule is Cc1cc(Oc2nnc(N)s2)cc2c1COB2O. The van der Waals surface area contributed by atoms with Gasteiger partial charge in [-0.2, -0.15) is 0 Å². The summed E-state index contributed by atoms with van der Waals surface area (Å²) in [4.78, 5) is 0. The highest BCUT2D eigenvalue weighted by molar-refractivity contribution is 7.16. The summed E-state index contributed by atoms with van der Waals surface area (Å²) >= 11 is 1.16. The predicted molar refractivity (Wildman–Crippen MR) is 68.0 cm³/mol. The molecule has 0 aliphatic carbocycles. The Morgan fingerprint density at radius 1 is 1.50 bits per heavy atom. The van der Waals surface area contributed by atoms with Crippen LogP contribution in [-0.4, -0.2) is 22.3 Å². The molecule has 1 aliphatic rings. The Balaban J connectivity index is 1.94. The summed E-state index contributed by atoms with van der Waals surface area (Å²) in [6.07, 6.45) is 0. The average Bonchev–Trinajstić information content (AvgIpc) is 2.87. The van der Waals surface area contributed by atoms with Gasteiger partial charge in [-0.05, 0) is 47.0 Å². The molecule has 2 aromatic rings. The van der Waals surface area contributed by atoms with Gasteiger partial charge < -0.3 is 20.1 Å². The number of aryl methyl sites for hydroxylation is 1. The number of benzene rings is 1. The van der Waals surface area contributed by atoms with Crippen molar-refractivity contribution in [3.63, 3.8) is 0 Å². The number of rotatable bonds is 2. The molecular formula is C10H10BN3O3S. The van der Waals surface area contributed by atoms with Gasteiger partial charge in [-0.25, -0.2) is 0 Å². The van der Waals surface area contributed by atoms with Crippen LogP contribution in [0.25, 0.3) is 0 Å². The molecule has 8 heteroatoms. The van der Waals surface area contributed by atoms with Crippen molar-refractivity contribution >= 4 is 29.0 Å². The maximum atomic E-state index is 9.68. The Kier molecular flexibility index (Phi) is 2.69. The number of ether oxygens (including phenoxy) is 1. The lowest BCUT2D eigenvalue weighted by atomic mass is 9.78. The van der Waals surface area contributed by atoms with Gasteiger partial charge in [0.2, 0.25) is 5.13 Å². The van der Waals surface area contributed by atoms with Crippen LogP contribution in [0.5, 0.6) is 10.9 Å².